The first-order valence-electron chi connectivity index (χ1n) is 2.92. The largest absolute Gasteiger partial charge is 4.00 e. The molecular formula is CaO17P4Ti3. The molecule has 0 aliphatic carbocycles. The van der Waals surface area contributed by atoms with E-state index in [4.69, 9.17) is 77.0 Å². The van der Waals surface area contributed by atoms with Crippen LogP contribution in [0.5, 0.6) is 0 Å². The third kappa shape index (κ3) is 1280. The van der Waals surface area contributed by atoms with E-state index in [2.05, 4.69) is 0 Å². The smallest absolute Gasteiger partial charge is 2.00 e. The van der Waals surface area contributed by atoms with Gasteiger partial charge in [0.25, 0.3) is 0 Å². The van der Waals surface area contributed by atoms with Crippen molar-refractivity contribution in [3.63, 3.8) is 0 Å². The van der Waals surface area contributed by atoms with E-state index in [1.54, 1.807) is 0 Å². The van der Waals surface area contributed by atoms with Gasteiger partial charge < -0.3 is 82.5 Å². The van der Waals surface area contributed by atoms with E-state index >= 15 is 0 Å². The number of rotatable bonds is 0. The molecule has 0 N–H and O–H groups in total. The summed E-state index contributed by atoms with van der Waals surface area (Å²) in [7, 11) is -21.6. The fourth-order valence-corrected chi connectivity index (χ4v) is 0. The molecule has 0 radical (unpaired) electrons. The molecular weight excluding hydrogens is 580 g/mol. The molecule has 0 saturated carbocycles. The van der Waals surface area contributed by atoms with Gasteiger partial charge in [-0.25, -0.2) is 0 Å². The molecule has 0 saturated heterocycles. The van der Waals surface area contributed by atoms with Crippen LogP contribution in [0.15, 0.2) is 0 Å². The fourth-order valence-electron chi connectivity index (χ4n) is 0. The quantitative estimate of drug-likeness (QED) is 0.190. The minimum atomic E-state index is -5.39. The van der Waals surface area contributed by atoms with Crippen molar-refractivity contribution >= 4 is 69.0 Å². The number of hydrogen-bond donors (Lipinski definition) is 0. The molecule has 0 fully saturated rings. The molecule has 25 heavy (non-hydrogen) atoms. The summed E-state index contributed by atoms with van der Waals surface area (Å²) in [5, 5.41) is 0. The van der Waals surface area contributed by atoms with Crippen molar-refractivity contribution in [2.45, 2.75) is 0 Å². The minimum Gasteiger partial charge on any atom is -2.00 e. The molecule has 0 heterocycles. The van der Waals surface area contributed by atoms with Gasteiger partial charge in [-0.05, 0) is 0 Å². The Kier molecular flexibility index (Phi) is 58.7. The van der Waals surface area contributed by atoms with Gasteiger partial charge in [0.15, 0.2) is 0 Å². The molecule has 0 spiro atoms. The zero-order valence-electron chi connectivity index (χ0n) is 10.9. The van der Waals surface area contributed by atoms with Crippen LogP contribution in [0.2, 0.25) is 0 Å². The van der Waals surface area contributed by atoms with Gasteiger partial charge in [-0.2, -0.15) is 31.3 Å². The van der Waals surface area contributed by atoms with Gasteiger partial charge in [0, 0.05) is 0 Å². The van der Waals surface area contributed by atoms with Crippen molar-refractivity contribution in [1.82, 2.24) is 0 Å². The summed E-state index contributed by atoms with van der Waals surface area (Å²) in [6, 6.07) is 0. The molecule has 0 aromatic rings. The molecule has 0 aliphatic heterocycles. The van der Waals surface area contributed by atoms with Crippen LogP contribution in [0.3, 0.4) is 0 Å². The summed E-state index contributed by atoms with van der Waals surface area (Å²) < 4.78 is 34.2. The molecule has 136 valence electrons. The van der Waals surface area contributed by atoms with E-state index in [-0.39, 0.29) is 108 Å². The summed E-state index contributed by atoms with van der Waals surface area (Å²) in [5.41, 5.74) is 0. The molecule has 25 heteroatoms. The molecule has 0 aliphatic rings. The zero-order valence-corrected chi connectivity index (χ0v) is 21.4. The van der Waals surface area contributed by atoms with Crippen LogP contribution in [0.25, 0.3) is 0 Å². The monoisotopic (exact) mass is 580 g/mol. The number of hydrogen-bond acceptors (Lipinski definition) is 16. The molecule has 0 rings (SSSR count). The predicted molar refractivity (Wildman–Crippen MR) is 36.9 cm³/mol. The topological polar surface area (TPSA) is 374 Å². The Hall–Kier alpha value is 3.80. The average molecular weight is 580 g/mol. The second-order valence-electron chi connectivity index (χ2n) is 1.79. The van der Waals surface area contributed by atoms with E-state index < -0.39 is 31.3 Å². The third-order valence-corrected chi connectivity index (χ3v) is 0. The van der Waals surface area contributed by atoms with E-state index in [1.807, 2.05) is 0 Å². The van der Waals surface area contributed by atoms with E-state index in [1.165, 1.54) is 0 Å². The van der Waals surface area contributed by atoms with Gasteiger partial charge in [-0.1, -0.05) is 0 Å². The predicted octanol–water partition coefficient (Wildman–Crippen LogP) is -11.8. The number of phosphoric acid groups is 4. The Morgan fingerprint density at radius 3 is 0.360 bits per heavy atom. The summed E-state index contributed by atoms with van der Waals surface area (Å²) >= 11 is 0. The Balaban J connectivity index is -0.0000000183. The molecule has 0 aromatic carbocycles. The molecule has 0 atom stereocenters. The summed E-state index contributed by atoms with van der Waals surface area (Å²) in [5.74, 6) is 0. The van der Waals surface area contributed by atoms with Crippen molar-refractivity contribution in [1.29, 1.82) is 0 Å². The van der Waals surface area contributed by atoms with Crippen LogP contribution in [0, 0.1) is 0 Å². The van der Waals surface area contributed by atoms with Crippen LogP contribution >= 0.6 is 31.3 Å². The van der Waals surface area contributed by atoms with Crippen LogP contribution in [0.4, 0.5) is 0 Å². The summed E-state index contributed by atoms with van der Waals surface area (Å²) in [6.07, 6.45) is 0. The minimum absolute atomic E-state index is 0. The molecule has 17 nitrogen and oxygen atoms in total. The van der Waals surface area contributed by atoms with Crippen molar-refractivity contribution in [3.8, 4) is 0 Å². The van der Waals surface area contributed by atoms with Gasteiger partial charge in [0.05, 0.1) is 0 Å². The van der Waals surface area contributed by atoms with E-state index in [0.717, 1.165) is 0 Å². The van der Waals surface area contributed by atoms with Crippen LogP contribution in [-0.2, 0) is 88.9 Å². The summed E-state index contributed by atoms with van der Waals surface area (Å²) in [4.78, 5) is 103. The van der Waals surface area contributed by atoms with Crippen molar-refractivity contribution in [2.24, 2.45) is 0 Å². The Labute approximate surface area is 214 Å². The van der Waals surface area contributed by atoms with Gasteiger partial charge in [-0.15, -0.1) is 0 Å². The van der Waals surface area contributed by atoms with Crippen molar-refractivity contribution < 1.29 is 148 Å². The first-order valence-corrected chi connectivity index (χ1v) is 8.76. The average Bonchev–Trinajstić information content (AvgIpc) is 1.62. The Morgan fingerprint density at radius 1 is 0.360 bits per heavy atom. The first-order chi connectivity index (χ1) is 8.00. The zero-order chi connectivity index (χ0) is 18.0. The molecule has 0 bridgehead atoms. The molecule has 0 unspecified atom stereocenters. The SMILES string of the molecule is O=P([O-])([O-])[O-].O=P([O-])([O-])[O-].O=P([O-])([O-])[O-].O=P([O-])([O-])[O-].[Ca+2].[O-2].[Ti+4].[Ti+4].[Ti+4]. The maximum Gasteiger partial charge on any atom is 4.00 e. The van der Waals surface area contributed by atoms with Gasteiger partial charge in [0.2, 0.25) is 0 Å². The molecule has 0 amide bonds. The summed E-state index contributed by atoms with van der Waals surface area (Å²) in [6.45, 7) is 0. The van der Waals surface area contributed by atoms with Gasteiger partial charge >= 0.3 is 103 Å². The van der Waals surface area contributed by atoms with Crippen molar-refractivity contribution in [3.05, 3.63) is 0 Å². The second kappa shape index (κ2) is 25.8. The fraction of sp³-hybridized carbons (Fsp3) is 0. The first kappa shape index (κ1) is 56.8. The van der Waals surface area contributed by atoms with E-state index in [9.17, 15) is 0 Å². The third-order valence-electron chi connectivity index (χ3n) is 0. The van der Waals surface area contributed by atoms with Crippen LogP contribution in [-0.4, -0.2) is 37.7 Å². The van der Waals surface area contributed by atoms with Crippen molar-refractivity contribution in [2.75, 3.05) is 0 Å². The van der Waals surface area contributed by atoms with Gasteiger partial charge in [0.1, 0.15) is 0 Å². The normalized spacial score (nSPS) is 9.44. The standard InChI is InChI=1S/Ca.4H3O4P.O.3Ti/c;4*1-5(2,3)4;;;;/h;4*(H3,1,2,3,4);;;;/q+2;;;;;-2;3*+4/p-12. The molecule has 0 aromatic heterocycles. The Bertz CT molecular complexity index is 299. The maximum absolute atomic E-state index is 8.55. The van der Waals surface area contributed by atoms with Crippen LogP contribution < -0.4 is 58.7 Å². The maximum atomic E-state index is 8.55. The second-order valence-corrected chi connectivity index (χ2v) is 5.37. The van der Waals surface area contributed by atoms with Crippen LogP contribution in [0.1, 0.15) is 0 Å². The Morgan fingerprint density at radius 2 is 0.360 bits per heavy atom. The van der Waals surface area contributed by atoms with Gasteiger partial charge in [-0.3, -0.25) is 0 Å². The van der Waals surface area contributed by atoms with E-state index in [0.29, 0.717) is 0 Å².